The molecule has 0 bridgehead atoms. The van der Waals surface area contributed by atoms with E-state index in [1.807, 2.05) is 62.1 Å². The van der Waals surface area contributed by atoms with Crippen LogP contribution in [-0.4, -0.2) is 60.8 Å². The Bertz CT molecular complexity index is 1610. The fourth-order valence-corrected chi connectivity index (χ4v) is 5.80. The van der Waals surface area contributed by atoms with Crippen LogP contribution in [0.25, 0.3) is 5.57 Å². The Morgan fingerprint density at radius 3 is 2.26 bits per heavy atom. The second kappa shape index (κ2) is 14.3. The molecule has 0 unspecified atom stereocenters. The first-order valence-electron chi connectivity index (χ1n) is 15.3. The van der Waals surface area contributed by atoms with Crippen LogP contribution in [0.5, 0.6) is 17.2 Å². The summed E-state index contributed by atoms with van der Waals surface area (Å²) in [4.78, 5) is 31.2. The Kier molecular flexibility index (Phi) is 10.4. The average Bonchev–Trinajstić information content (AvgIpc) is 3.88. The summed E-state index contributed by atoms with van der Waals surface area (Å²) in [5.41, 5.74) is 3.43. The van der Waals surface area contributed by atoms with Crippen LogP contribution < -0.4 is 14.2 Å². The number of rotatable bonds is 10. The number of benzene rings is 3. The topological polar surface area (TPSA) is 77.5 Å². The van der Waals surface area contributed by atoms with E-state index in [0.717, 1.165) is 35.1 Å². The van der Waals surface area contributed by atoms with Crippen molar-refractivity contribution in [3.8, 4) is 17.2 Å². The van der Waals surface area contributed by atoms with Crippen molar-refractivity contribution < 1.29 is 28.5 Å². The lowest BCUT2D eigenvalue weighted by Crippen LogP contribution is -2.44. The average molecular weight is 668 g/mol. The number of ether oxygens (including phenoxy) is 4. The Labute approximate surface area is 280 Å². The van der Waals surface area contributed by atoms with Crippen molar-refractivity contribution in [2.45, 2.75) is 64.8 Å². The number of halogens is 2. The Morgan fingerprint density at radius 1 is 0.935 bits per heavy atom. The number of nitrogens with zero attached hydrogens (tertiary/aromatic N) is 2. The van der Waals surface area contributed by atoms with E-state index in [1.165, 1.54) is 0 Å². The molecule has 0 aromatic heterocycles. The molecule has 2 aliphatic rings. The molecule has 0 atom stereocenters. The first-order valence-corrected chi connectivity index (χ1v) is 16.1. The predicted molar refractivity (Wildman–Crippen MR) is 180 cm³/mol. The summed E-state index contributed by atoms with van der Waals surface area (Å²) >= 11 is 12.9. The van der Waals surface area contributed by atoms with Gasteiger partial charge in [-0.15, -0.1) is 0 Å². The van der Waals surface area contributed by atoms with E-state index in [2.05, 4.69) is 0 Å². The zero-order valence-corrected chi connectivity index (χ0v) is 28.4. The highest BCUT2D eigenvalue weighted by atomic mass is 35.5. The normalized spacial score (nSPS) is 15.0. The molecule has 0 radical (unpaired) electrons. The summed E-state index contributed by atoms with van der Waals surface area (Å²) in [7, 11) is 3.19. The van der Waals surface area contributed by atoms with Gasteiger partial charge in [0, 0.05) is 42.9 Å². The largest absolute Gasteiger partial charge is 0.496 e. The van der Waals surface area contributed by atoms with Gasteiger partial charge in [-0.05, 0) is 74.4 Å². The molecule has 1 aliphatic heterocycles. The monoisotopic (exact) mass is 666 g/mol. The van der Waals surface area contributed by atoms with Gasteiger partial charge in [0.2, 0.25) is 0 Å². The van der Waals surface area contributed by atoms with Crippen LogP contribution in [0.1, 0.15) is 56.7 Å². The molecule has 1 heterocycles. The van der Waals surface area contributed by atoms with Crippen molar-refractivity contribution in [3.63, 3.8) is 0 Å². The zero-order chi connectivity index (χ0) is 33.0. The van der Waals surface area contributed by atoms with E-state index in [1.54, 1.807) is 43.4 Å². The maximum absolute atomic E-state index is 14.5. The smallest absolute Gasteiger partial charge is 0.410 e. The second-order valence-electron chi connectivity index (χ2n) is 12.5. The van der Waals surface area contributed by atoms with Crippen molar-refractivity contribution in [1.82, 2.24) is 9.80 Å². The van der Waals surface area contributed by atoms with Crippen LogP contribution in [-0.2, 0) is 22.7 Å². The zero-order valence-electron chi connectivity index (χ0n) is 26.9. The Balaban J connectivity index is 1.46. The van der Waals surface area contributed by atoms with E-state index in [4.69, 9.17) is 42.1 Å². The number of amides is 2. The molecule has 5 rings (SSSR count). The molecule has 244 valence electrons. The van der Waals surface area contributed by atoms with E-state index < -0.39 is 11.7 Å². The molecule has 0 N–H and O–H groups in total. The lowest BCUT2D eigenvalue weighted by atomic mass is 9.91. The summed E-state index contributed by atoms with van der Waals surface area (Å²) < 4.78 is 22.5. The minimum atomic E-state index is -0.657. The van der Waals surface area contributed by atoms with E-state index in [-0.39, 0.29) is 18.5 Å². The molecule has 0 saturated heterocycles. The number of carbonyl (C=O) groups is 2. The van der Waals surface area contributed by atoms with Crippen molar-refractivity contribution in [2.24, 2.45) is 0 Å². The van der Waals surface area contributed by atoms with Crippen LogP contribution in [0.15, 0.2) is 66.2 Å². The third-order valence-electron chi connectivity index (χ3n) is 7.88. The van der Waals surface area contributed by atoms with Gasteiger partial charge in [-0.2, -0.15) is 0 Å². The third kappa shape index (κ3) is 8.28. The van der Waals surface area contributed by atoms with Gasteiger partial charge < -0.3 is 28.7 Å². The van der Waals surface area contributed by atoms with Gasteiger partial charge in [-0.3, -0.25) is 4.79 Å². The van der Waals surface area contributed by atoms with Gasteiger partial charge in [0.15, 0.2) is 0 Å². The Hall–Kier alpha value is -3.88. The molecule has 1 saturated carbocycles. The van der Waals surface area contributed by atoms with Crippen LogP contribution in [0, 0.1) is 0 Å². The minimum absolute atomic E-state index is 0.0905. The highest BCUT2D eigenvalue weighted by molar-refractivity contribution is 6.42. The SMILES string of the molecule is COc1cc(OC)cc(OCc2cccc(C3=C(C(=O)N(Cc4cccc(Cl)c4Cl)C4CC4)CN(C(=O)OC(C)(C)C)CC3)c2)c1. The molecule has 3 aromatic rings. The van der Waals surface area contributed by atoms with Crippen LogP contribution in [0.3, 0.4) is 0 Å². The highest BCUT2D eigenvalue weighted by Gasteiger charge is 2.38. The summed E-state index contributed by atoms with van der Waals surface area (Å²) in [6.07, 6.45) is 1.87. The molecule has 1 fully saturated rings. The molecule has 46 heavy (non-hydrogen) atoms. The lowest BCUT2D eigenvalue weighted by Gasteiger charge is -2.34. The lowest BCUT2D eigenvalue weighted by molar-refractivity contribution is -0.128. The second-order valence-corrected chi connectivity index (χ2v) is 13.3. The molecule has 10 heteroatoms. The van der Waals surface area contributed by atoms with Gasteiger partial charge in [0.1, 0.15) is 29.5 Å². The molecule has 0 spiro atoms. The van der Waals surface area contributed by atoms with Crippen molar-refractivity contribution in [2.75, 3.05) is 27.3 Å². The molecule has 1 aliphatic carbocycles. The first-order chi connectivity index (χ1) is 22.0. The number of hydrogen-bond donors (Lipinski definition) is 0. The van der Waals surface area contributed by atoms with Crippen molar-refractivity contribution in [3.05, 3.63) is 93.0 Å². The summed E-state index contributed by atoms with van der Waals surface area (Å²) in [6.45, 7) is 6.69. The van der Waals surface area contributed by atoms with E-state index in [9.17, 15) is 9.59 Å². The van der Waals surface area contributed by atoms with Gasteiger partial charge in [-0.25, -0.2) is 4.79 Å². The fraction of sp³-hybridized carbons (Fsp3) is 0.389. The first kappa shape index (κ1) is 33.5. The van der Waals surface area contributed by atoms with Crippen LogP contribution >= 0.6 is 23.2 Å². The number of carbonyl (C=O) groups excluding carboxylic acids is 2. The van der Waals surface area contributed by atoms with Gasteiger partial charge in [-0.1, -0.05) is 53.5 Å². The number of methoxy groups -OCH3 is 2. The standard InChI is InChI=1S/C36H40Cl2N2O6/c1-36(2,3)46-35(42)39-15-14-30(24-9-6-8-23(16-24)22-45-29-18-27(43-4)17-28(19-29)44-5)31(21-39)34(41)40(26-12-13-26)20-25-10-7-11-32(37)33(25)38/h6-11,16-19,26H,12-15,20-22H2,1-5H3. The van der Waals surface area contributed by atoms with Crippen molar-refractivity contribution >= 4 is 40.8 Å². The summed E-state index contributed by atoms with van der Waals surface area (Å²) in [6, 6.07) is 18.9. The summed E-state index contributed by atoms with van der Waals surface area (Å²) in [5, 5.41) is 0.889. The maximum atomic E-state index is 14.5. The third-order valence-corrected chi connectivity index (χ3v) is 8.74. The molecule has 8 nitrogen and oxygen atoms in total. The van der Waals surface area contributed by atoms with Crippen LogP contribution in [0.2, 0.25) is 10.0 Å². The Morgan fingerprint density at radius 2 is 1.61 bits per heavy atom. The van der Waals surface area contributed by atoms with Gasteiger partial charge in [0.05, 0.1) is 30.8 Å². The van der Waals surface area contributed by atoms with Gasteiger partial charge in [0.25, 0.3) is 5.91 Å². The quantitative estimate of drug-likeness (QED) is 0.217. The number of hydrogen-bond acceptors (Lipinski definition) is 6. The molecule has 3 aromatic carbocycles. The molecular weight excluding hydrogens is 627 g/mol. The molecular formula is C36H40Cl2N2O6. The molecule has 2 amide bonds. The maximum Gasteiger partial charge on any atom is 0.410 e. The fourth-order valence-electron chi connectivity index (χ4n) is 5.42. The van der Waals surface area contributed by atoms with E-state index >= 15 is 0 Å². The highest BCUT2D eigenvalue weighted by Crippen LogP contribution is 2.37. The van der Waals surface area contributed by atoms with Gasteiger partial charge >= 0.3 is 6.09 Å². The van der Waals surface area contributed by atoms with Crippen molar-refractivity contribution in [1.29, 1.82) is 0 Å². The van der Waals surface area contributed by atoms with Crippen LogP contribution in [0.4, 0.5) is 4.79 Å². The minimum Gasteiger partial charge on any atom is -0.496 e. The van der Waals surface area contributed by atoms with E-state index in [0.29, 0.717) is 59.0 Å². The summed E-state index contributed by atoms with van der Waals surface area (Å²) in [5.74, 6) is 1.76. The predicted octanol–water partition coefficient (Wildman–Crippen LogP) is 8.18.